The van der Waals surface area contributed by atoms with Crippen molar-refractivity contribution in [1.82, 2.24) is 10.3 Å². The summed E-state index contributed by atoms with van der Waals surface area (Å²) in [4.78, 5) is 18.4. The monoisotopic (exact) mass is 326 g/mol. The van der Waals surface area contributed by atoms with Gasteiger partial charge in [-0.2, -0.15) is 0 Å². The summed E-state index contributed by atoms with van der Waals surface area (Å²) in [6, 6.07) is 12.0. The molecule has 1 aromatic carbocycles. The van der Waals surface area contributed by atoms with Gasteiger partial charge >= 0.3 is 0 Å². The van der Waals surface area contributed by atoms with Crippen molar-refractivity contribution in [2.45, 2.75) is 33.7 Å². The average molecular weight is 326 g/mol. The van der Waals surface area contributed by atoms with Crippen LogP contribution in [0.1, 0.15) is 38.2 Å². The first-order valence-electron chi connectivity index (χ1n) is 8.42. The predicted octanol–water partition coefficient (Wildman–Crippen LogP) is 3.81. The van der Waals surface area contributed by atoms with Crippen LogP contribution in [0, 0.1) is 0 Å². The fourth-order valence-electron chi connectivity index (χ4n) is 2.45. The van der Waals surface area contributed by atoms with Crippen molar-refractivity contribution in [2.24, 2.45) is 0 Å². The van der Waals surface area contributed by atoms with Gasteiger partial charge in [-0.25, -0.2) is 4.98 Å². The number of nitrogens with zero attached hydrogens (tertiary/aromatic N) is 2. The van der Waals surface area contributed by atoms with Crippen LogP contribution in [-0.4, -0.2) is 30.0 Å². The van der Waals surface area contributed by atoms with Gasteiger partial charge in [0.25, 0.3) is 5.91 Å². The van der Waals surface area contributed by atoms with E-state index >= 15 is 0 Å². The number of amides is 1. The van der Waals surface area contributed by atoms with Gasteiger partial charge in [-0.05, 0) is 64.1 Å². The third-order valence-electron chi connectivity index (χ3n) is 3.70. The Morgan fingerprint density at radius 3 is 2.17 bits per heavy atom. The highest BCUT2D eigenvalue weighted by atomic mass is 16.1. The molecule has 2 N–H and O–H groups in total. The lowest BCUT2D eigenvalue weighted by Gasteiger charge is -2.21. The number of hydrogen-bond acceptors (Lipinski definition) is 4. The maximum atomic E-state index is 11.9. The molecule has 0 aliphatic carbocycles. The Morgan fingerprint density at radius 1 is 1.04 bits per heavy atom. The number of aromatic nitrogens is 1. The van der Waals surface area contributed by atoms with E-state index in [9.17, 15) is 4.79 Å². The molecule has 0 bridgehead atoms. The van der Waals surface area contributed by atoms with Crippen molar-refractivity contribution < 1.29 is 4.79 Å². The van der Waals surface area contributed by atoms with Crippen LogP contribution in [0.4, 0.5) is 17.1 Å². The van der Waals surface area contributed by atoms with E-state index in [1.54, 1.807) is 12.3 Å². The Bertz CT molecular complexity index is 646. The van der Waals surface area contributed by atoms with Crippen molar-refractivity contribution in [3.63, 3.8) is 0 Å². The molecule has 1 aromatic heterocycles. The Morgan fingerprint density at radius 2 is 1.67 bits per heavy atom. The van der Waals surface area contributed by atoms with Crippen LogP contribution in [0.15, 0.2) is 42.6 Å². The van der Waals surface area contributed by atoms with E-state index in [1.165, 1.54) is 5.69 Å². The van der Waals surface area contributed by atoms with Crippen LogP contribution in [0.3, 0.4) is 0 Å². The van der Waals surface area contributed by atoms with Crippen LogP contribution < -0.4 is 15.5 Å². The van der Waals surface area contributed by atoms with E-state index in [0.717, 1.165) is 24.5 Å². The number of rotatable bonds is 7. The molecule has 128 valence electrons. The highest BCUT2D eigenvalue weighted by molar-refractivity contribution is 5.92. The molecule has 1 heterocycles. The highest BCUT2D eigenvalue weighted by Crippen LogP contribution is 2.20. The van der Waals surface area contributed by atoms with Gasteiger partial charge in [0.05, 0.1) is 11.9 Å². The lowest BCUT2D eigenvalue weighted by molar-refractivity contribution is 0.0938. The number of anilines is 3. The second-order valence-corrected chi connectivity index (χ2v) is 5.90. The van der Waals surface area contributed by atoms with E-state index in [2.05, 4.69) is 46.5 Å². The van der Waals surface area contributed by atoms with E-state index in [1.807, 2.05) is 32.0 Å². The Balaban J connectivity index is 2.02. The number of benzene rings is 1. The molecule has 0 unspecified atom stereocenters. The Kier molecular flexibility index (Phi) is 6.18. The molecule has 0 fully saturated rings. The summed E-state index contributed by atoms with van der Waals surface area (Å²) in [6.45, 7) is 10.1. The van der Waals surface area contributed by atoms with Crippen LogP contribution in [0.5, 0.6) is 0 Å². The van der Waals surface area contributed by atoms with Gasteiger partial charge in [-0.3, -0.25) is 4.79 Å². The number of carbonyl (C=O) groups excluding carboxylic acids is 1. The van der Waals surface area contributed by atoms with Gasteiger partial charge in [-0.15, -0.1) is 0 Å². The topological polar surface area (TPSA) is 57.3 Å². The summed E-state index contributed by atoms with van der Waals surface area (Å²) in [5, 5.41) is 6.13. The van der Waals surface area contributed by atoms with Crippen molar-refractivity contribution in [2.75, 3.05) is 23.3 Å². The van der Waals surface area contributed by atoms with Crippen molar-refractivity contribution in [3.8, 4) is 0 Å². The lowest BCUT2D eigenvalue weighted by Crippen LogP contribution is -2.30. The Hall–Kier alpha value is -2.56. The molecule has 2 rings (SSSR count). The van der Waals surface area contributed by atoms with Gasteiger partial charge in [0.1, 0.15) is 5.69 Å². The Labute approximate surface area is 144 Å². The molecule has 0 spiro atoms. The minimum atomic E-state index is -0.153. The summed E-state index contributed by atoms with van der Waals surface area (Å²) < 4.78 is 0. The predicted molar refractivity (Wildman–Crippen MR) is 100 cm³/mol. The zero-order valence-electron chi connectivity index (χ0n) is 14.8. The molecule has 0 radical (unpaired) electrons. The van der Waals surface area contributed by atoms with Gasteiger partial charge in [-0.1, -0.05) is 0 Å². The van der Waals surface area contributed by atoms with Gasteiger partial charge in [0.15, 0.2) is 0 Å². The molecule has 0 aliphatic rings. The van der Waals surface area contributed by atoms with Crippen LogP contribution in [-0.2, 0) is 0 Å². The first kappa shape index (κ1) is 17.8. The quantitative estimate of drug-likeness (QED) is 0.812. The van der Waals surface area contributed by atoms with Crippen molar-refractivity contribution >= 4 is 23.0 Å². The fourth-order valence-corrected chi connectivity index (χ4v) is 2.45. The minimum absolute atomic E-state index is 0.0985. The second-order valence-electron chi connectivity index (χ2n) is 5.90. The van der Waals surface area contributed by atoms with Gasteiger partial charge < -0.3 is 15.5 Å². The largest absolute Gasteiger partial charge is 0.372 e. The zero-order chi connectivity index (χ0) is 17.5. The van der Waals surface area contributed by atoms with E-state index in [4.69, 9.17) is 0 Å². The zero-order valence-corrected chi connectivity index (χ0v) is 14.8. The lowest BCUT2D eigenvalue weighted by atomic mass is 10.2. The van der Waals surface area contributed by atoms with E-state index < -0.39 is 0 Å². The number of hydrogen-bond donors (Lipinski definition) is 2. The smallest absolute Gasteiger partial charge is 0.270 e. The molecular weight excluding hydrogens is 300 g/mol. The number of pyridine rings is 1. The first-order chi connectivity index (χ1) is 11.5. The minimum Gasteiger partial charge on any atom is -0.372 e. The van der Waals surface area contributed by atoms with Crippen molar-refractivity contribution in [3.05, 3.63) is 48.3 Å². The van der Waals surface area contributed by atoms with Crippen molar-refractivity contribution in [1.29, 1.82) is 0 Å². The fraction of sp³-hybridized carbons (Fsp3) is 0.368. The number of nitrogens with one attached hydrogen (secondary N) is 2. The molecule has 24 heavy (non-hydrogen) atoms. The molecule has 0 saturated carbocycles. The van der Waals surface area contributed by atoms with Crippen LogP contribution in [0.25, 0.3) is 0 Å². The molecule has 5 heteroatoms. The van der Waals surface area contributed by atoms with E-state index in [-0.39, 0.29) is 11.9 Å². The highest BCUT2D eigenvalue weighted by Gasteiger charge is 2.08. The van der Waals surface area contributed by atoms with E-state index in [0.29, 0.717) is 5.69 Å². The third-order valence-corrected chi connectivity index (χ3v) is 3.70. The molecule has 2 aromatic rings. The summed E-state index contributed by atoms with van der Waals surface area (Å²) >= 11 is 0. The average Bonchev–Trinajstić information content (AvgIpc) is 2.57. The first-order valence-corrected chi connectivity index (χ1v) is 8.42. The second kappa shape index (κ2) is 8.34. The molecule has 0 saturated heterocycles. The molecular formula is C19H26N4O. The number of carbonyl (C=O) groups is 1. The summed E-state index contributed by atoms with van der Waals surface area (Å²) in [5.41, 5.74) is 3.48. The third kappa shape index (κ3) is 4.72. The maximum absolute atomic E-state index is 11.9. The molecule has 0 aliphatic heterocycles. The van der Waals surface area contributed by atoms with Crippen LogP contribution in [0.2, 0.25) is 0 Å². The van der Waals surface area contributed by atoms with Crippen LogP contribution >= 0.6 is 0 Å². The molecule has 5 nitrogen and oxygen atoms in total. The molecule has 1 amide bonds. The summed E-state index contributed by atoms with van der Waals surface area (Å²) in [7, 11) is 0. The maximum Gasteiger partial charge on any atom is 0.270 e. The van der Waals surface area contributed by atoms with Gasteiger partial charge in [0, 0.05) is 30.5 Å². The SMILES string of the molecule is CCN(CC)c1ccc(Nc2ccc(C(=O)NC(C)C)nc2)cc1. The van der Waals surface area contributed by atoms with Gasteiger partial charge in [0.2, 0.25) is 0 Å². The molecule has 0 atom stereocenters. The summed E-state index contributed by atoms with van der Waals surface area (Å²) in [5.74, 6) is -0.153. The standard InChI is InChI=1S/C19H26N4O/c1-5-23(6-2)17-10-7-15(8-11-17)22-16-9-12-18(20-13-16)19(24)21-14(3)4/h7-14,22H,5-6H2,1-4H3,(H,21,24). The normalized spacial score (nSPS) is 10.5. The summed E-state index contributed by atoms with van der Waals surface area (Å²) in [6.07, 6.45) is 1.67.